The summed E-state index contributed by atoms with van der Waals surface area (Å²) in [5, 5.41) is 0. The quantitative estimate of drug-likeness (QED) is 0.839. The molecule has 0 saturated carbocycles. The van der Waals surface area contributed by atoms with Crippen LogP contribution in [0, 0.1) is 0 Å². The van der Waals surface area contributed by atoms with Gasteiger partial charge in [0.15, 0.2) is 0 Å². The average molecular weight is 281 g/mol. The van der Waals surface area contributed by atoms with E-state index in [1.807, 2.05) is 20.8 Å². The molecule has 0 aliphatic carbocycles. The van der Waals surface area contributed by atoms with Gasteiger partial charge in [-0.25, -0.2) is 0 Å². The van der Waals surface area contributed by atoms with Crippen LogP contribution in [-0.4, -0.2) is 25.8 Å². The second-order valence-electron chi connectivity index (χ2n) is 5.54. The molecule has 1 rings (SSSR count). The smallest absolute Gasteiger partial charge is 0.308 e. The first-order valence-electron chi connectivity index (χ1n) is 6.45. The van der Waals surface area contributed by atoms with Crippen LogP contribution in [-0.2, 0) is 9.53 Å². The molecule has 0 spiro atoms. The molecular formula is C15H23NO4. The van der Waals surface area contributed by atoms with Crippen molar-refractivity contribution in [2.24, 2.45) is 5.73 Å². The fourth-order valence-electron chi connectivity index (χ4n) is 1.72. The Morgan fingerprint density at radius 2 is 1.65 bits per heavy atom. The summed E-state index contributed by atoms with van der Waals surface area (Å²) in [5.74, 6) is 0.949. The van der Waals surface area contributed by atoms with Crippen molar-refractivity contribution in [3.05, 3.63) is 23.8 Å². The Morgan fingerprint density at radius 3 is 2.05 bits per heavy atom. The third-order valence-electron chi connectivity index (χ3n) is 2.61. The van der Waals surface area contributed by atoms with Crippen LogP contribution in [0.5, 0.6) is 11.5 Å². The SMILES string of the molecule is COc1cc(OC)cc([C@@H](N)CC(=O)OC(C)(C)C)c1. The van der Waals surface area contributed by atoms with Gasteiger partial charge in [0, 0.05) is 12.1 Å². The zero-order valence-electron chi connectivity index (χ0n) is 12.7. The minimum atomic E-state index is -0.511. The van der Waals surface area contributed by atoms with Crippen molar-refractivity contribution in [3.8, 4) is 11.5 Å². The lowest BCUT2D eigenvalue weighted by Crippen LogP contribution is -2.26. The minimum absolute atomic E-state index is 0.105. The van der Waals surface area contributed by atoms with Gasteiger partial charge in [-0.1, -0.05) is 0 Å². The Labute approximate surface area is 120 Å². The fraction of sp³-hybridized carbons (Fsp3) is 0.533. The predicted molar refractivity (Wildman–Crippen MR) is 76.9 cm³/mol. The first kappa shape index (κ1) is 16.3. The van der Waals surface area contributed by atoms with Crippen LogP contribution in [0.15, 0.2) is 18.2 Å². The zero-order valence-corrected chi connectivity index (χ0v) is 12.7. The summed E-state index contributed by atoms with van der Waals surface area (Å²) >= 11 is 0. The van der Waals surface area contributed by atoms with Crippen molar-refractivity contribution in [1.82, 2.24) is 0 Å². The van der Waals surface area contributed by atoms with E-state index in [4.69, 9.17) is 19.9 Å². The second-order valence-corrected chi connectivity index (χ2v) is 5.54. The van der Waals surface area contributed by atoms with Crippen molar-refractivity contribution >= 4 is 5.97 Å². The van der Waals surface area contributed by atoms with E-state index in [0.717, 1.165) is 5.56 Å². The van der Waals surface area contributed by atoms with Gasteiger partial charge in [0.1, 0.15) is 17.1 Å². The molecule has 0 radical (unpaired) electrons. The van der Waals surface area contributed by atoms with Crippen LogP contribution in [0.1, 0.15) is 38.8 Å². The largest absolute Gasteiger partial charge is 0.497 e. The molecule has 0 aromatic heterocycles. The number of carbonyl (C=O) groups excluding carboxylic acids is 1. The summed E-state index contributed by atoms with van der Waals surface area (Å²) in [4.78, 5) is 11.8. The fourth-order valence-corrected chi connectivity index (χ4v) is 1.72. The number of rotatable bonds is 5. The highest BCUT2D eigenvalue weighted by atomic mass is 16.6. The number of esters is 1. The molecule has 0 amide bonds. The number of ether oxygens (including phenoxy) is 3. The molecule has 0 unspecified atom stereocenters. The lowest BCUT2D eigenvalue weighted by Gasteiger charge is -2.21. The number of benzene rings is 1. The maximum Gasteiger partial charge on any atom is 0.308 e. The third-order valence-corrected chi connectivity index (χ3v) is 2.61. The Morgan fingerprint density at radius 1 is 1.15 bits per heavy atom. The van der Waals surface area contributed by atoms with Gasteiger partial charge in [0.05, 0.1) is 20.6 Å². The molecule has 5 nitrogen and oxygen atoms in total. The molecule has 5 heteroatoms. The molecule has 0 saturated heterocycles. The van der Waals surface area contributed by atoms with E-state index in [2.05, 4.69) is 0 Å². The summed E-state index contributed by atoms with van der Waals surface area (Å²) in [6.45, 7) is 5.47. The highest BCUT2D eigenvalue weighted by Crippen LogP contribution is 2.27. The number of methoxy groups -OCH3 is 2. The molecule has 0 heterocycles. The van der Waals surface area contributed by atoms with Gasteiger partial charge < -0.3 is 19.9 Å². The molecule has 2 N–H and O–H groups in total. The molecule has 20 heavy (non-hydrogen) atoms. The Hall–Kier alpha value is -1.75. The van der Waals surface area contributed by atoms with Crippen LogP contribution < -0.4 is 15.2 Å². The van der Waals surface area contributed by atoms with E-state index in [1.54, 1.807) is 32.4 Å². The van der Waals surface area contributed by atoms with Crippen molar-refractivity contribution in [1.29, 1.82) is 0 Å². The monoisotopic (exact) mass is 281 g/mol. The lowest BCUT2D eigenvalue weighted by atomic mass is 10.0. The molecule has 0 fully saturated rings. The van der Waals surface area contributed by atoms with E-state index >= 15 is 0 Å². The van der Waals surface area contributed by atoms with Gasteiger partial charge in [0.25, 0.3) is 0 Å². The van der Waals surface area contributed by atoms with E-state index in [-0.39, 0.29) is 12.4 Å². The topological polar surface area (TPSA) is 70.8 Å². The first-order valence-corrected chi connectivity index (χ1v) is 6.45. The van der Waals surface area contributed by atoms with Gasteiger partial charge in [-0.2, -0.15) is 0 Å². The van der Waals surface area contributed by atoms with Crippen molar-refractivity contribution in [3.63, 3.8) is 0 Å². The van der Waals surface area contributed by atoms with E-state index in [0.29, 0.717) is 11.5 Å². The van der Waals surface area contributed by atoms with Gasteiger partial charge in [0.2, 0.25) is 0 Å². The van der Waals surface area contributed by atoms with Crippen LogP contribution in [0.3, 0.4) is 0 Å². The number of carbonyl (C=O) groups is 1. The zero-order chi connectivity index (χ0) is 15.3. The molecule has 1 aromatic rings. The summed E-state index contributed by atoms with van der Waals surface area (Å²) < 4.78 is 15.6. The van der Waals surface area contributed by atoms with Crippen molar-refractivity contribution in [2.75, 3.05) is 14.2 Å². The average Bonchev–Trinajstić information content (AvgIpc) is 2.35. The number of hydrogen-bond donors (Lipinski definition) is 1. The van der Waals surface area contributed by atoms with Crippen molar-refractivity contribution in [2.45, 2.75) is 38.8 Å². The Balaban J connectivity index is 2.81. The minimum Gasteiger partial charge on any atom is -0.497 e. The van der Waals surface area contributed by atoms with Gasteiger partial charge in [-0.15, -0.1) is 0 Å². The van der Waals surface area contributed by atoms with Crippen LogP contribution in [0.4, 0.5) is 0 Å². The van der Waals surface area contributed by atoms with Gasteiger partial charge >= 0.3 is 5.97 Å². The van der Waals surface area contributed by atoms with E-state index in [9.17, 15) is 4.79 Å². The predicted octanol–water partition coefficient (Wildman–Crippen LogP) is 2.44. The maximum absolute atomic E-state index is 11.8. The number of nitrogens with two attached hydrogens (primary N) is 1. The normalized spacial score (nSPS) is 12.7. The highest BCUT2D eigenvalue weighted by molar-refractivity contribution is 5.71. The van der Waals surface area contributed by atoms with Gasteiger partial charge in [-0.05, 0) is 38.5 Å². The Kier molecular flexibility index (Phi) is 5.39. The molecule has 0 aliphatic rings. The summed E-state index contributed by atoms with van der Waals surface area (Å²) in [7, 11) is 3.13. The second kappa shape index (κ2) is 6.61. The molecular weight excluding hydrogens is 258 g/mol. The number of hydrogen-bond acceptors (Lipinski definition) is 5. The highest BCUT2D eigenvalue weighted by Gasteiger charge is 2.20. The maximum atomic E-state index is 11.8. The van der Waals surface area contributed by atoms with Crippen LogP contribution in [0.2, 0.25) is 0 Å². The molecule has 0 bridgehead atoms. The lowest BCUT2D eigenvalue weighted by molar-refractivity contribution is -0.155. The summed E-state index contributed by atoms with van der Waals surface area (Å²) in [6, 6.07) is 4.87. The summed E-state index contributed by atoms with van der Waals surface area (Å²) in [5.41, 5.74) is 6.31. The first-order chi connectivity index (χ1) is 9.25. The van der Waals surface area contributed by atoms with E-state index in [1.165, 1.54) is 0 Å². The molecule has 1 aromatic carbocycles. The third kappa shape index (κ3) is 5.09. The summed E-state index contributed by atoms with van der Waals surface area (Å²) in [6.07, 6.45) is 0.105. The van der Waals surface area contributed by atoms with Crippen LogP contribution >= 0.6 is 0 Å². The Bertz CT molecular complexity index is 443. The van der Waals surface area contributed by atoms with E-state index < -0.39 is 11.6 Å². The molecule has 1 atom stereocenters. The molecule has 0 aliphatic heterocycles. The standard InChI is InChI=1S/C15H23NO4/c1-15(2,3)20-14(17)9-13(16)10-6-11(18-4)8-12(7-10)19-5/h6-8,13H,9,16H2,1-5H3/t13-/m0/s1. The van der Waals surface area contributed by atoms with Crippen molar-refractivity contribution < 1.29 is 19.0 Å². The van der Waals surface area contributed by atoms with Gasteiger partial charge in [-0.3, -0.25) is 4.79 Å². The molecule has 112 valence electrons. The van der Waals surface area contributed by atoms with Crippen LogP contribution in [0.25, 0.3) is 0 Å².